The summed E-state index contributed by atoms with van der Waals surface area (Å²) in [5.74, 6) is -1.03. The average molecular weight is 398 g/mol. The van der Waals surface area contributed by atoms with E-state index in [1.165, 1.54) is 30.3 Å². The highest BCUT2D eigenvalue weighted by Gasteiger charge is 2.30. The second-order valence-electron chi connectivity index (χ2n) is 5.81. The molecule has 1 aromatic carbocycles. The minimum absolute atomic E-state index is 0.0659. The smallest absolute Gasteiger partial charge is 0.324 e. The van der Waals surface area contributed by atoms with Gasteiger partial charge in [0.2, 0.25) is 0 Å². The SMILES string of the molecule is CC(C)[C@H](NS(=O)(=O)c1cccs1)C(=O)OCc1ccc([N+](=O)[O-])cc1. The summed E-state index contributed by atoms with van der Waals surface area (Å²) in [5.41, 5.74) is 0.497. The predicted molar refractivity (Wildman–Crippen MR) is 96.2 cm³/mol. The number of ether oxygens (including phenoxy) is 1. The third-order valence-corrected chi connectivity index (χ3v) is 6.33. The molecule has 0 saturated heterocycles. The van der Waals surface area contributed by atoms with E-state index in [4.69, 9.17) is 4.74 Å². The highest BCUT2D eigenvalue weighted by Crippen LogP contribution is 2.18. The molecule has 0 bridgehead atoms. The van der Waals surface area contributed by atoms with Crippen molar-refractivity contribution >= 4 is 33.0 Å². The van der Waals surface area contributed by atoms with Crippen LogP contribution in [0.4, 0.5) is 5.69 Å². The lowest BCUT2D eigenvalue weighted by atomic mass is 10.1. The first-order valence-corrected chi connectivity index (χ1v) is 10.0. The zero-order chi connectivity index (χ0) is 19.3. The van der Waals surface area contributed by atoms with Crippen LogP contribution in [0, 0.1) is 16.0 Å². The molecule has 0 radical (unpaired) electrons. The van der Waals surface area contributed by atoms with Gasteiger partial charge in [0, 0.05) is 12.1 Å². The number of carbonyl (C=O) groups is 1. The van der Waals surface area contributed by atoms with Crippen LogP contribution in [0.5, 0.6) is 0 Å². The van der Waals surface area contributed by atoms with Crippen LogP contribution < -0.4 is 4.72 Å². The van der Waals surface area contributed by atoms with Crippen LogP contribution in [-0.4, -0.2) is 25.4 Å². The molecule has 1 aromatic heterocycles. The number of nitrogens with one attached hydrogen (secondary N) is 1. The lowest BCUT2D eigenvalue weighted by Gasteiger charge is -2.20. The number of esters is 1. The van der Waals surface area contributed by atoms with Crippen molar-refractivity contribution in [1.29, 1.82) is 0 Å². The van der Waals surface area contributed by atoms with Crippen molar-refractivity contribution in [3.05, 3.63) is 57.5 Å². The van der Waals surface area contributed by atoms with Gasteiger partial charge in [0.05, 0.1) is 4.92 Å². The highest BCUT2D eigenvalue weighted by atomic mass is 32.2. The predicted octanol–water partition coefficient (Wildman–Crippen LogP) is 2.70. The lowest BCUT2D eigenvalue weighted by Crippen LogP contribution is -2.45. The van der Waals surface area contributed by atoms with Crippen molar-refractivity contribution in [3.8, 4) is 0 Å². The topological polar surface area (TPSA) is 116 Å². The number of nitro benzene ring substituents is 1. The van der Waals surface area contributed by atoms with E-state index in [1.54, 1.807) is 25.3 Å². The molecule has 2 aromatic rings. The quantitative estimate of drug-likeness (QED) is 0.415. The molecule has 26 heavy (non-hydrogen) atoms. The lowest BCUT2D eigenvalue weighted by molar-refractivity contribution is -0.384. The number of rotatable bonds is 8. The van der Waals surface area contributed by atoms with Crippen LogP contribution in [0.3, 0.4) is 0 Å². The molecule has 2 rings (SSSR count). The molecule has 0 aliphatic heterocycles. The number of nitrogens with zero attached hydrogens (tertiary/aromatic N) is 1. The highest BCUT2D eigenvalue weighted by molar-refractivity contribution is 7.91. The number of thiophene rings is 1. The van der Waals surface area contributed by atoms with Gasteiger partial charge < -0.3 is 4.74 Å². The van der Waals surface area contributed by atoms with Crippen LogP contribution in [0.2, 0.25) is 0 Å². The first kappa shape index (κ1) is 20.0. The maximum absolute atomic E-state index is 12.3. The van der Waals surface area contributed by atoms with Gasteiger partial charge in [-0.25, -0.2) is 8.42 Å². The summed E-state index contributed by atoms with van der Waals surface area (Å²) in [6, 6.07) is 7.59. The fourth-order valence-corrected chi connectivity index (χ4v) is 4.40. The molecular formula is C16H18N2O6S2. The molecule has 0 aliphatic rings. The normalized spacial score (nSPS) is 12.7. The van der Waals surface area contributed by atoms with Gasteiger partial charge in [-0.1, -0.05) is 19.9 Å². The standard InChI is InChI=1S/C16H18N2O6S2/c1-11(2)15(17-26(22,23)14-4-3-9-25-14)16(19)24-10-12-5-7-13(8-6-12)18(20)21/h3-9,11,15,17H,10H2,1-2H3/t15-/m0/s1. The minimum Gasteiger partial charge on any atom is -0.460 e. The molecule has 0 fully saturated rings. The summed E-state index contributed by atoms with van der Waals surface area (Å²) in [5, 5.41) is 12.3. The Hall–Kier alpha value is -2.30. The molecule has 0 spiro atoms. The number of carbonyl (C=O) groups excluding carboxylic acids is 1. The Morgan fingerprint density at radius 3 is 2.42 bits per heavy atom. The average Bonchev–Trinajstić information content (AvgIpc) is 3.13. The van der Waals surface area contributed by atoms with E-state index in [0.717, 1.165) is 11.3 Å². The first-order valence-electron chi connectivity index (χ1n) is 7.66. The molecule has 10 heteroatoms. The molecular weight excluding hydrogens is 380 g/mol. The Kier molecular flexibility index (Phi) is 6.46. The molecule has 0 aliphatic carbocycles. The van der Waals surface area contributed by atoms with Gasteiger partial charge in [0.15, 0.2) is 0 Å². The number of sulfonamides is 1. The minimum atomic E-state index is -3.81. The van der Waals surface area contributed by atoms with E-state index in [9.17, 15) is 23.3 Å². The largest absolute Gasteiger partial charge is 0.460 e. The van der Waals surface area contributed by atoms with Gasteiger partial charge in [0.25, 0.3) is 15.7 Å². The second-order valence-corrected chi connectivity index (χ2v) is 8.69. The monoisotopic (exact) mass is 398 g/mol. The summed E-state index contributed by atoms with van der Waals surface area (Å²) in [4.78, 5) is 22.4. The van der Waals surface area contributed by atoms with Gasteiger partial charge in [0.1, 0.15) is 16.9 Å². The van der Waals surface area contributed by atoms with Gasteiger partial charge in [-0.05, 0) is 35.1 Å². The summed E-state index contributed by atoms with van der Waals surface area (Å²) in [6.45, 7) is 3.30. The maximum atomic E-state index is 12.3. The van der Waals surface area contributed by atoms with Gasteiger partial charge in [-0.2, -0.15) is 4.72 Å². The number of nitro groups is 1. The Labute approximate surface area is 155 Å². The van der Waals surface area contributed by atoms with Crippen molar-refractivity contribution in [1.82, 2.24) is 4.72 Å². The summed E-state index contributed by atoms with van der Waals surface area (Å²) >= 11 is 1.05. The molecule has 8 nitrogen and oxygen atoms in total. The van der Waals surface area contributed by atoms with E-state index in [-0.39, 0.29) is 22.4 Å². The number of hydrogen-bond acceptors (Lipinski definition) is 7. The van der Waals surface area contributed by atoms with Crippen molar-refractivity contribution in [2.45, 2.75) is 30.7 Å². The van der Waals surface area contributed by atoms with E-state index in [2.05, 4.69) is 4.72 Å². The number of non-ortho nitro benzene ring substituents is 1. The van der Waals surface area contributed by atoms with Crippen LogP contribution in [-0.2, 0) is 26.2 Å². The number of hydrogen-bond donors (Lipinski definition) is 1. The van der Waals surface area contributed by atoms with Gasteiger partial charge in [-0.15, -0.1) is 11.3 Å². The second kappa shape index (κ2) is 8.39. The van der Waals surface area contributed by atoms with E-state index in [0.29, 0.717) is 5.56 Å². The Morgan fingerprint density at radius 2 is 1.92 bits per heavy atom. The van der Waals surface area contributed by atoms with Gasteiger partial charge >= 0.3 is 5.97 Å². The third-order valence-electron chi connectivity index (χ3n) is 3.49. The fourth-order valence-electron chi connectivity index (χ4n) is 2.06. The maximum Gasteiger partial charge on any atom is 0.324 e. The first-order chi connectivity index (χ1) is 12.2. The van der Waals surface area contributed by atoms with Crippen LogP contribution in [0.25, 0.3) is 0 Å². The molecule has 0 amide bonds. The van der Waals surface area contributed by atoms with Crippen molar-refractivity contribution in [2.24, 2.45) is 5.92 Å². The molecule has 1 N–H and O–H groups in total. The summed E-state index contributed by atoms with van der Waals surface area (Å²) in [6.07, 6.45) is 0. The van der Waals surface area contributed by atoms with Gasteiger partial charge in [-0.3, -0.25) is 14.9 Å². The molecule has 1 atom stereocenters. The molecule has 0 unspecified atom stereocenters. The van der Waals surface area contributed by atoms with Crippen molar-refractivity contribution < 1.29 is 22.9 Å². The van der Waals surface area contributed by atoms with E-state index >= 15 is 0 Å². The summed E-state index contributed by atoms with van der Waals surface area (Å²) < 4.78 is 32.3. The van der Waals surface area contributed by atoms with Crippen molar-refractivity contribution in [2.75, 3.05) is 0 Å². The third kappa shape index (κ3) is 5.10. The molecule has 140 valence electrons. The summed E-state index contributed by atoms with van der Waals surface area (Å²) in [7, 11) is -3.81. The van der Waals surface area contributed by atoms with Crippen molar-refractivity contribution in [3.63, 3.8) is 0 Å². The van der Waals surface area contributed by atoms with Crippen LogP contribution in [0.1, 0.15) is 19.4 Å². The molecule has 1 heterocycles. The Bertz CT molecular complexity index is 861. The van der Waals surface area contributed by atoms with E-state index in [1.807, 2.05) is 0 Å². The zero-order valence-corrected chi connectivity index (χ0v) is 15.7. The Morgan fingerprint density at radius 1 is 1.27 bits per heavy atom. The zero-order valence-electron chi connectivity index (χ0n) is 14.1. The molecule has 0 saturated carbocycles. The fraction of sp³-hybridized carbons (Fsp3) is 0.312. The number of benzene rings is 1. The van der Waals surface area contributed by atoms with Crippen LogP contribution >= 0.6 is 11.3 Å². The Balaban J connectivity index is 2.03. The van der Waals surface area contributed by atoms with E-state index < -0.39 is 27.0 Å². The van der Waals surface area contributed by atoms with Crippen LogP contribution in [0.15, 0.2) is 46.0 Å².